The fraction of sp³-hybridized carbons (Fsp3) is 0.300. The van der Waals surface area contributed by atoms with Crippen molar-refractivity contribution < 1.29 is 9.72 Å². The van der Waals surface area contributed by atoms with Crippen LogP contribution < -0.4 is 10.2 Å². The standard InChI is InChI=1S/C20H19BrClN5O3S.ClH/c21-13-1-4-17-18(11-13)31-20(24-17)26-9-7-25(8-10-26)6-5-23-19(28)15-12-14(27(29)30)2-3-16(15)22;/h1-4,11-12H,5-10H2,(H,23,28);1H. The van der Waals surface area contributed by atoms with Crippen LogP contribution in [0.5, 0.6) is 0 Å². The molecule has 1 fully saturated rings. The van der Waals surface area contributed by atoms with Crippen molar-refractivity contribution in [2.75, 3.05) is 44.2 Å². The Labute approximate surface area is 208 Å². The summed E-state index contributed by atoms with van der Waals surface area (Å²) in [7, 11) is 0. The fourth-order valence-corrected chi connectivity index (χ4v) is 5.18. The summed E-state index contributed by atoms with van der Waals surface area (Å²) in [6.45, 7) is 4.60. The summed E-state index contributed by atoms with van der Waals surface area (Å²) < 4.78 is 2.21. The number of amides is 1. The van der Waals surface area contributed by atoms with Crippen LogP contribution >= 0.6 is 51.3 Å². The molecule has 2 heterocycles. The van der Waals surface area contributed by atoms with Gasteiger partial charge in [0.25, 0.3) is 11.6 Å². The molecule has 12 heteroatoms. The first-order chi connectivity index (χ1) is 14.9. The monoisotopic (exact) mass is 559 g/mol. The second kappa shape index (κ2) is 10.8. The number of fused-ring (bicyclic) bond motifs is 1. The van der Waals surface area contributed by atoms with Gasteiger partial charge in [-0.25, -0.2) is 4.98 Å². The van der Waals surface area contributed by atoms with Crippen molar-refractivity contribution in [3.63, 3.8) is 0 Å². The molecule has 1 saturated heterocycles. The van der Waals surface area contributed by atoms with Crippen LogP contribution in [0.2, 0.25) is 5.02 Å². The van der Waals surface area contributed by atoms with E-state index >= 15 is 0 Å². The molecule has 0 radical (unpaired) electrons. The van der Waals surface area contributed by atoms with Crippen LogP contribution in [-0.2, 0) is 0 Å². The molecule has 3 aromatic rings. The van der Waals surface area contributed by atoms with E-state index in [-0.39, 0.29) is 28.7 Å². The minimum absolute atomic E-state index is 0. The van der Waals surface area contributed by atoms with Gasteiger partial charge in [-0.1, -0.05) is 38.9 Å². The zero-order valence-electron chi connectivity index (χ0n) is 16.8. The predicted molar refractivity (Wildman–Crippen MR) is 134 cm³/mol. The van der Waals surface area contributed by atoms with E-state index in [9.17, 15) is 14.9 Å². The van der Waals surface area contributed by atoms with Crippen molar-refractivity contribution >= 4 is 78.2 Å². The summed E-state index contributed by atoms with van der Waals surface area (Å²) in [4.78, 5) is 32.0. The lowest BCUT2D eigenvalue weighted by molar-refractivity contribution is -0.384. The smallest absolute Gasteiger partial charge is 0.270 e. The molecule has 1 aliphatic heterocycles. The first-order valence-corrected chi connectivity index (χ1v) is 11.6. The molecule has 0 aliphatic carbocycles. The number of nitrogens with zero attached hydrogens (tertiary/aromatic N) is 4. The van der Waals surface area contributed by atoms with Gasteiger partial charge in [-0.15, -0.1) is 12.4 Å². The van der Waals surface area contributed by atoms with Crippen LogP contribution in [0.3, 0.4) is 0 Å². The summed E-state index contributed by atoms with van der Waals surface area (Å²) in [6.07, 6.45) is 0. The molecule has 32 heavy (non-hydrogen) atoms. The molecule has 1 amide bonds. The first kappa shape index (κ1) is 24.7. The number of piperazine rings is 1. The van der Waals surface area contributed by atoms with Crippen molar-refractivity contribution in [3.05, 3.63) is 61.6 Å². The highest BCUT2D eigenvalue weighted by Gasteiger charge is 2.20. The minimum atomic E-state index is -0.545. The molecule has 4 rings (SSSR count). The number of rotatable bonds is 6. The zero-order chi connectivity index (χ0) is 22.0. The highest BCUT2D eigenvalue weighted by Crippen LogP contribution is 2.31. The number of nitro benzene ring substituents is 1. The number of non-ortho nitro benzene ring substituents is 1. The number of anilines is 1. The average Bonchev–Trinajstić information content (AvgIpc) is 3.17. The average molecular weight is 561 g/mol. The Balaban J connectivity index is 0.00000289. The Morgan fingerprint density at radius 3 is 2.69 bits per heavy atom. The van der Waals surface area contributed by atoms with Crippen LogP contribution in [0.4, 0.5) is 10.8 Å². The van der Waals surface area contributed by atoms with E-state index in [1.807, 2.05) is 12.1 Å². The number of hydrogen-bond acceptors (Lipinski definition) is 7. The predicted octanol–water partition coefficient (Wildman–Crippen LogP) is 4.59. The van der Waals surface area contributed by atoms with E-state index in [0.717, 1.165) is 46.0 Å². The number of carbonyl (C=O) groups is 1. The van der Waals surface area contributed by atoms with Gasteiger partial charge in [-0.3, -0.25) is 19.8 Å². The van der Waals surface area contributed by atoms with Gasteiger partial charge in [-0.2, -0.15) is 0 Å². The Bertz CT molecular complexity index is 1140. The van der Waals surface area contributed by atoms with Gasteiger partial charge in [-0.05, 0) is 24.3 Å². The third-order valence-corrected chi connectivity index (χ3v) is 7.00. The normalized spacial score (nSPS) is 14.2. The van der Waals surface area contributed by atoms with Crippen LogP contribution in [0, 0.1) is 10.1 Å². The van der Waals surface area contributed by atoms with Crippen molar-refractivity contribution in [1.29, 1.82) is 0 Å². The van der Waals surface area contributed by atoms with E-state index in [1.54, 1.807) is 11.3 Å². The molecule has 0 unspecified atom stereocenters. The van der Waals surface area contributed by atoms with Gasteiger partial charge >= 0.3 is 0 Å². The quantitative estimate of drug-likeness (QED) is 0.350. The number of aromatic nitrogens is 1. The van der Waals surface area contributed by atoms with Crippen LogP contribution in [-0.4, -0.2) is 60.0 Å². The Hall–Kier alpha value is -1.98. The number of nitro groups is 1. The minimum Gasteiger partial charge on any atom is -0.351 e. The number of carbonyl (C=O) groups excluding carboxylic acids is 1. The van der Waals surface area contributed by atoms with Crippen molar-refractivity contribution in [1.82, 2.24) is 15.2 Å². The molecular formula is C20H20BrCl2N5O3S. The third kappa shape index (κ3) is 5.68. The summed E-state index contributed by atoms with van der Waals surface area (Å²) >= 11 is 11.2. The zero-order valence-corrected chi connectivity index (χ0v) is 20.8. The fourth-order valence-electron chi connectivity index (χ4n) is 3.41. The molecule has 1 aromatic heterocycles. The highest BCUT2D eigenvalue weighted by molar-refractivity contribution is 9.10. The summed E-state index contributed by atoms with van der Waals surface area (Å²) in [5.41, 5.74) is 0.962. The van der Waals surface area contributed by atoms with E-state index in [1.165, 1.54) is 18.2 Å². The number of thiazole rings is 1. The molecule has 170 valence electrons. The Morgan fingerprint density at radius 1 is 1.22 bits per heavy atom. The SMILES string of the molecule is Cl.O=C(NCCN1CCN(c2nc3ccc(Br)cc3s2)CC1)c1cc([N+](=O)[O-])ccc1Cl. The number of nitrogens with one attached hydrogen (secondary N) is 1. The van der Waals surface area contributed by atoms with Gasteiger partial charge in [0, 0.05) is 55.9 Å². The second-order valence-corrected chi connectivity index (χ2v) is 9.45. The first-order valence-electron chi connectivity index (χ1n) is 9.66. The van der Waals surface area contributed by atoms with E-state index in [4.69, 9.17) is 16.6 Å². The molecule has 8 nitrogen and oxygen atoms in total. The molecule has 0 atom stereocenters. The van der Waals surface area contributed by atoms with Gasteiger partial charge in [0.05, 0.1) is 25.7 Å². The molecule has 0 saturated carbocycles. The van der Waals surface area contributed by atoms with Crippen molar-refractivity contribution in [3.8, 4) is 0 Å². The van der Waals surface area contributed by atoms with E-state index < -0.39 is 10.8 Å². The van der Waals surface area contributed by atoms with E-state index in [2.05, 4.69) is 37.1 Å². The summed E-state index contributed by atoms with van der Waals surface area (Å²) in [6, 6.07) is 9.96. The molecule has 2 aromatic carbocycles. The van der Waals surface area contributed by atoms with E-state index in [0.29, 0.717) is 13.1 Å². The maximum atomic E-state index is 12.4. The molecule has 1 N–H and O–H groups in total. The molecule has 0 bridgehead atoms. The van der Waals surface area contributed by atoms with Gasteiger partial charge in [0.1, 0.15) is 0 Å². The maximum Gasteiger partial charge on any atom is 0.270 e. The Kier molecular flexibility index (Phi) is 8.29. The van der Waals surface area contributed by atoms with Gasteiger partial charge in [0.2, 0.25) is 0 Å². The largest absolute Gasteiger partial charge is 0.351 e. The lowest BCUT2D eigenvalue weighted by Crippen LogP contribution is -2.48. The third-order valence-electron chi connectivity index (χ3n) is 5.10. The molecular weight excluding hydrogens is 541 g/mol. The molecule has 1 aliphatic rings. The van der Waals surface area contributed by atoms with Crippen molar-refractivity contribution in [2.45, 2.75) is 0 Å². The number of hydrogen-bond donors (Lipinski definition) is 1. The summed E-state index contributed by atoms with van der Waals surface area (Å²) in [5, 5.41) is 14.9. The van der Waals surface area contributed by atoms with Crippen LogP contribution in [0.1, 0.15) is 10.4 Å². The van der Waals surface area contributed by atoms with Crippen LogP contribution in [0.25, 0.3) is 10.2 Å². The summed E-state index contributed by atoms with van der Waals surface area (Å²) in [5.74, 6) is -0.409. The van der Waals surface area contributed by atoms with Crippen molar-refractivity contribution in [2.24, 2.45) is 0 Å². The second-order valence-electron chi connectivity index (χ2n) is 7.11. The van der Waals surface area contributed by atoms with Gasteiger partial charge in [0.15, 0.2) is 5.13 Å². The number of halogens is 3. The lowest BCUT2D eigenvalue weighted by atomic mass is 10.2. The number of benzene rings is 2. The highest BCUT2D eigenvalue weighted by atomic mass is 79.9. The topological polar surface area (TPSA) is 91.6 Å². The Morgan fingerprint density at radius 2 is 1.97 bits per heavy atom. The van der Waals surface area contributed by atoms with Crippen LogP contribution in [0.15, 0.2) is 40.9 Å². The van der Waals surface area contributed by atoms with Gasteiger partial charge < -0.3 is 10.2 Å². The lowest BCUT2D eigenvalue weighted by Gasteiger charge is -2.34. The maximum absolute atomic E-state index is 12.4. The molecule has 0 spiro atoms.